The Hall–Kier alpha value is -1.62. The summed E-state index contributed by atoms with van der Waals surface area (Å²) in [7, 11) is 1.48. The van der Waals surface area contributed by atoms with E-state index in [0.717, 1.165) is 0 Å². The van der Waals surface area contributed by atoms with E-state index < -0.39 is 0 Å². The zero-order valence-corrected chi connectivity index (χ0v) is 8.73. The quantitative estimate of drug-likeness (QED) is 0.744. The molecule has 0 aliphatic heterocycles. The standard InChI is InChI=1S/C10H14N2O3/c1-7(6-13)12-10(14)8-3-4-11-5-9(8)15-2/h3-5,7,13H,6H2,1-2H3,(H,12,14)/t7-/m1/s1. The molecule has 0 aromatic carbocycles. The van der Waals surface area contributed by atoms with Gasteiger partial charge in [-0.15, -0.1) is 0 Å². The summed E-state index contributed by atoms with van der Waals surface area (Å²) in [4.78, 5) is 15.5. The Kier molecular flexibility index (Phi) is 4.05. The number of nitrogens with zero attached hydrogens (tertiary/aromatic N) is 1. The van der Waals surface area contributed by atoms with Crippen LogP contribution in [0.2, 0.25) is 0 Å². The molecule has 0 aliphatic rings. The monoisotopic (exact) mass is 210 g/mol. The van der Waals surface area contributed by atoms with Crippen molar-refractivity contribution in [2.75, 3.05) is 13.7 Å². The van der Waals surface area contributed by atoms with Gasteiger partial charge in [0.25, 0.3) is 5.91 Å². The molecule has 1 atom stereocenters. The molecule has 0 radical (unpaired) electrons. The smallest absolute Gasteiger partial charge is 0.255 e. The average molecular weight is 210 g/mol. The molecule has 2 N–H and O–H groups in total. The fourth-order valence-electron chi connectivity index (χ4n) is 1.08. The van der Waals surface area contributed by atoms with Gasteiger partial charge in [0.05, 0.1) is 25.5 Å². The number of aliphatic hydroxyl groups excluding tert-OH is 1. The van der Waals surface area contributed by atoms with Gasteiger partial charge in [0.2, 0.25) is 0 Å². The number of methoxy groups -OCH3 is 1. The van der Waals surface area contributed by atoms with Crippen LogP contribution in [0.5, 0.6) is 5.75 Å². The molecule has 0 aliphatic carbocycles. The molecule has 0 saturated carbocycles. The third kappa shape index (κ3) is 2.92. The van der Waals surface area contributed by atoms with Gasteiger partial charge in [-0.1, -0.05) is 0 Å². The molecule has 0 bridgehead atoms. The van der Waals surface area contributed by atoms with E-state index in [1.165, 1.54) is 19.5 Å². The zero-order valence-electron chi connectivity index (χ0n) is 8.73. The molecule has 82 valence electrons. The van der Waals surface area contributed by atoms with Crippen LogP contribution in [-0.2, 0) is 0 Å². The number of nitrogens with one attached hydrogen (secondary N) is 1. The van der Waals surface area contributed by atoms with E-state index >= 15 is 0 Å². The Bertz CT molecular complexity index is 341. The van der Waals surface area contributed by atoms with Crippen LogP contribution in [0.4, 0.5) is 0 Å². The lowest BCUT2D eigenvalue weighted by atomic mass is 10.2. The minimum atomic E-state index is -0.282. The van der Waals surface area contributed by atoms with Gasteiger partial charge in [0.15, 0.2) is 0 Å². The number of pyridine rings is 1. The molecule has 15 heavy (non-hydrogen) atoms. The lowest BCUT2D eigenvalue weighted by Gasteiger charge is -2.12. The number of hydrogen-bond acceptors (Lipinski definition) is 4. The predicted octanol–water partition coefficient (Wildman–Crippen LogP) is 0.201. The molecule has 0 saturated heterocycles. The second-order valence-corrected chi connectivity index (χ2v) is 3.13. The fourth-order valence-corrected chi connectivity index (χ4v) is 1.08. The highest BCUT2D eigenvalue weighted by atomic mass is 16.5. The summed E-state index contributed by atoms with van der Waals surface area (Å²) in [5, 5.41) is 11.4. The topological polar surface area (TPSA) is 71.5 Å². The van der Waals surface area contributed by atoms with Crippen LogP contribution in [0.3, 0.4) is 0 Å². The van der Waals surface area contributed by atoms with Crippen molar-refractivity contribution in [3.05, 3.63) is 24.0 Å². The highest BCUT2D eigenvalue weighted by Gasteiger charge is 2.13. The zero-order chi connectivity index (χ0) is 11.3. The van der Waals surface area contributed by atoms with Gasteiger partial charge >= 0.3 is 0 Å². The first kappa shape index (κ1) is 11.5. The summed E-state index contributed by atoms with van der Waals surface area (Å²) in [6.07, 6.45) is 2.99. The van der Waals surface area contributed by atoms with E-state index in [1.807, 2.05) is 0 Å². The fraction of sp³-hybridized carbons (Fsp3) is 0.400. The number of rotatable bonds is 4. The van der Waals surface area contributed by atoms with Gasteiger partial charge < -0.3 is 15.2 Å². The van der Waals surface area contributed by atoms with Crippen molar-refractivity contribution >= 4 is 5.91 Å². The van der Waals surface area contributed by atoms with E-state index in [9.17, 15) is 4.79 Å². The third-order valence-electron chi connectivity index (χ3n) is 1.90. The Balaban J connectivity index is 2.81. The van der Waals surface area contributed by atoms with Crippen LogP contribution in [0.25, 0.3) is 0 Å². The summed E-state index contributed by atoms with van der Waals surface area (Å²) < 4.78 is 5.00. The summed E-state index contributed by atoms with van der Waals surface area (Å²) in [6, 6.07) is 1.29. The number of ether oxygens (including phenoxy) is 1. The Morgan fingerprint density at radius 2 is 2.47 bits per heavy atom. The maximum Gasteiger partial charge on any atom is 0.255 e. The number of carbonyl (C=O) groups excluding carboxylic acids is 1. The van der Waals surface area contributed by atoms with E-state index in [2.05, 4.69) is 10.3 Å². The van der Waals surface area contributed by atoms with Crippen LogP contribution < -0.4 is 10.1 Å². The third-order valence-corrected chi connectivity index (χ3v) is 1.90. The van der Waals surface area contributed by atoms with Crippen molar-refractivity contribution in [1.82, 2.24) is 10.3 Å². The van der Waals surface area contributed by atoms with Gasteiger partial charge in [-0.3, -0.25) is 9.78 Å². The number of amides is 1. The molecule has 0 spiro atoms. The molecular weight excluding hydrogens is 196 g/mol. The van der Waals surface area contributed by atoms with E-state index in [-0.39, 0.29) is 18.6 Å². The second-order valence-electron chi connectivity index (χ2n) is 3.13. The van der Waals surface area contributed by atoms with E-state index in [1.54, 1.807) is 13.0 Å². The van der Waals surface area contributed by atoms with Crippen LogP contribution in [0, 0.1) is 0 Å². The van der Waals surface area contributed by atoms with Crippen LogP contribution in [-0.4, -0.2) is 35.8 Å². The SMILES string of the molecule is COc1cnccc1C(=O)N[C@H](C)CO. The predicted molar refractivity (Wildman–Crippen MR) is 54.8 cm³/mol. The van der Waals surface area contributed by atoms with Gasteiger partial charge in [0, 0.05) is 12.2 Å². The van der Waals surface area contributed by atoms with Gasteiger partial charge in [-0.05, 0) is 13.0 Å². The molecule has 5 nitrogen and oxygen atoms in total. The van der Waals surface area contributed by atoms with Crippen molar-refractivity contribution < 1.29 is 14.6 Å². The second kappa shape index (κ2) is 5.31. The molecule has 0 fully saturated rings. The van der Waals surface area contributed by atoms with Crippen LogP contribution in [0.15, 0.2) is 18.5 Å². The first-order valence-corrected chi connectivity index (χ1v) is 4.58. The highest BCUT2D eigenvalue weighted by Crippen LogP contribution is 2.15. The lowest BCUT2D eigenvalue weighted by molar-refractivity contribution is 0.0919. The minimum absolute atomic E-state index is 0.0981. The number of carbonyl (C=O) groups is 1. The highest BCUT2D eigenvalue weighted by molar-refractivity contribution is 5.96. The van der Waals surface area contributed by atoms with Gasteiger partial charge in [0.1, 0.15) is 5.75 Å². The molecule has 1 heterocycles. The largest absolute Gasteiger partial charge is 0.494 e. The molecule has 1 amide bonds. The Labute approximate surface area is 88.1 Å². The van der Waals surface area contributed by atoms with Crippen LogP contribution in [0.1, 0.15) is 17.3 Å². The first-order chi connectivity index (χ1) is 7.19. The number of aromatic nitrogens is 1. The van der Waals surface area contributed by atoms with Crippen molar-refractivity contribution in [3.63, 3.8) is 0 Å². The average Bonchev–Trinajstić information content (AvgIpc) is 2.28. The summed E-state index contributed by atoms with van der Waals surface area (Å²) in [5.74, 6) is 0.135. The molecule has 5 heteroatoms. The van der Waals surface area contributed by atoms with Crippen molar-refractivity contribution in [1.29, 1.82) is 0 Å². The van der Waals surface area contributed by atoms with Crippen LogP contribution >= 0.6 is 0 Å². The summed E-state index contributed by atoms with van der Waals surface area (Å²) >= 11 is 0. The Morgan fingerprint density at radius 1 is 1.73 bits per heavy atom. The lowest BCUT2D eigenvalue weighted by Crippen LogP contribution is -2.35. The van der Waals surface area contributed by atoms with Crippen molar-refractivity contribution in [2.24, 2.45) is 0 Å². The molecule has 1 aromatic rings. The normalized spacial score (nSPS) is 11.9. The summed E-state index contributed by atoms with van der Waals surface area (Å²) in [5.41, 5.74) is 0.410. The molecule has 1 aromatic heterocycles. The summed E-state index contributed by atoms with van der Waals surface area (Å²) in [6.45, 7) is 1.62. The van der Waals surface area contributed by atoms with Crippen molar-refractivity contribution in [3.8, 4) is 5.75 Å². The first-order valence-electron chi connectivity index (χ1n) is 4.58. The molecular formula is C10H14N2O3. The molecule has 1 rings (SSSR count). The van der Waals surface area contributed by atoms with Crippen molar-refractivity contribution in [2.45, 2.75) is 13.0 Å². The number of hydrogen-bond donors (Lipinski definition) is 2. The minimum Gasteiger partial charge on any atom is -0.494 e. The maximum absolute atomic E-state index is 11.7. The number of aliphatic hydroxyl groups is 1. The molecule has 0 unspecified atom stereocenters. The Morgan fingerprint density at radius 3 is 3.07 bits per heavy atom. The van der Waals surface area contributed by atoms with Gasteiger partial charge in [-0.25, -0.2) is 0 Å². The van der Waals surface area contributed by atoms with E-state index in [0.29, 0.717) is 11.3 Å². The van der Waals surface area contributed by atoms with Gasteiger partial charge in [-0.2, -0.15) is 0 Å². The van der Waals surface area contributed by atoms with E-state index in [4.69, 9.17) is 9.84 Å². The maximum atomic E-state index is 11.7.